The second-order valence-electron chi connectivity index (χ2n) is 6.71. The van der Waals surface area contributed by atoms with Gasteiger partial charge < -0.3 is 9.97 Å². The minimum atomic E-state index is -0.574. The summed E-state index contributed by atoms with van der Waals surface area (Å²) in [6, 6.07) is 19.7. The molecule has 0 radical (unpaired) electrons. The van der Waals surface area contributed by atoms with Gasteiger partial charge in [0.15, 0.2) is 0 Å². The molecular weight excluding hydrogens is 342 g/mol. The SMILES string of the molecule is Fc1cc(F)cc(C(c2c[nH]c3ccccc23)c2c[nH]c3ccccc23)c1. The fourth-order valence-electron chi connectivity index (χ4n) is 3.93. The quantitative estimate of drug-likeness (QED) is 0.390. The Bertz CT molecular complexity index is 1170. The van der Waals surface area contributed by atoms with Crippen LogP contribution in [0.5, 0.6) is 0 Å². The largest absolute Gasteiger partial charge is 0.361 e. The molecule has 0 saturated carbocycles. The first-order valence-corrected chi connectivity index (χ1v) is 8.79. The first-order chi connectivity index (χ1) is 13.2. The molecule has 0 saturated heterocycles. The number of fused-ring (bicyclic) bond motifs is 2. The lowest BCUT2D eigenvalue weighted by Gasteiger charge is -2.17. The van der Waals surface area contributed by atoms with Crippen molar-refractivity contribution >= 4 is 21.8 Å². The number of nitrogens with one attached hydrogen (secondary N) is 2. The van der Waals surface area contributed by atoms with Crippen LogP contribution in [0.2, 0.25) is 0 Å². The van der Waals surface area contributed by atoms with Crippen LogP contribution in [0.4, 0.5) is 8.78 Å². The van der Waals surface area contributed by atoms with Gasteiger partial charge in [-0.2, -0.15) is 0 Å². The molecule has 2 N–H and O–H groups in total. The molecule has 3 aromatic carbocycles. The van der Waals surface area contributed by atoms with Gasteiger partial charge in [-0.15, -0.1) is 0 Å². The van der Waals surface area contributed by atoms with Gasteiger partial charge in [-0.05, 0) is 41.0 Å². The highest BCUT2D eigenvalue weighted by Crippen LogP contribution is 2.39. The van der Waals surface area contributed by atoms with Gasteiger partial charge in [-0.25, -0.2) is 8.78 Å². The summed E-state index contributed by atoms with van der Waals surface area (Å²) in [5, 5.41) is 2.08. The van der Waals surface area contributed by atoms with Gasteiger partial charge in [0.2, 0.25) is 0 Å². The van der Waals surface area contributed by atoms with E-state index in [0.29, 0.717) is 5.56 Å². The predicted octanol–water partition coefficient (Wildman–Crippen LogP) is 6.11. The summed E-state index contributed by atoms with van der Waals surface area (Å²) in [6.45, 7) is 0. The molecule has 0 amide bonds. The predicted molar refractivity (Wildman–Crippen MR) is 104 cm³/mol. The zero-order valence-corrected chi connectivity index (χ0v) is 14.3. The van der Waals surface area contributed by atoms with Crippen molar-refractivity contribution in [3.8, 4) is 0 Å². The summed E-state index contributed by atoms with van der Waals surface area (Å²) in [7, 11) is 0. The molecular formula is C23H16F2N2. The first-order valence-electron chi connectivity index (χ1n) is 8.79. The third kappa shape index (κ3) is 2.61. The average molecular weight is 358 g/mol. The molecule has 0 bridgehead atoms. The minimum Gasteiger partial charge on any atom is -0.361 e. The number of rotatable bonds is 3. The molecule has 2 aromatic heterocycles. The molecule has 4 heteroatoms. The summed E-state index contributed by atoms with van der Waals surface area (Å²) in [4.78, 5) is 6.56. The van der Waals surface area contributed by atoms with Gasteiger partial charge in [0.05, 0.1) is 0 Å². The Morgan fingerprint density at radius 2 is 1.11 bits per heavy atom. The normalized spacial score (nSPS) is 11.7. The Kier molecular flexibility index (Phi) is 3.57. The molecule has 0 spiro atoms. The lowest BCUT2D eigenvalue weighted by Crippen LogP contribution is -2.03. The van der Waals surface area contributed by atoms with Crippen molar-refractivity contribution in [1.82, 2.24) is 9.97 Å². The standard InChI is InChI=1S/C23H16F2N2/c24-15-9-14(10-16(25)11-15)23(19-12-26-21-7-3-1-5-17(19)21)20-13-27-22-8-4-2-6-18(20)22/h1-13,23,26-27H. The lowest BCUT2D eigenvalue weighted by atomic mass is 9.84. The molecule has 0 atom stereocenters. The van der Waals surface area contributed by atoms with Crippen LogP contribution in [0.25, 0.3) is 21.8 Å². The summed E-state index contributed by atoms with van der Waals surface area (Å²) < 4.78 is 28.1. The number of hydrogen-bond acceptors (Lipinski definition) is 0. The summed E-state index contributed by atoms with van der Waals surface area (Å²) in [6.07, 6.45) is 3.86. The van der Waals surface area contributed by atoms with E-state index in [1.54, 1.807) is 0 Å². The minimum absolute atomic E-state index is 0.303. The molecule has 27 heavy (non-hydrogen) atoms. The van der Waals surface area contributed by atoms with Gasteiger partial charge in [0.1, 0.15) is 11.6 Å². The van der Waals surface area contributed by atoms with Crippen LogP contribution < -0.4 is 0 Å². The van der Waals surface area contributed by atoms with E-state index in [1.165, 1.54) is 12.1 Å². The monoisotopic (exact) mass is 358 g/mol. The number of benzene rings is 3. The van der Waals surface area contributed by atoms with Crippen LogP contribution in [-0.2, 0) is 0 Å². The number of halogens is 2. The highest BCUT2D eigenvalue weighted by Gasteiger charge is 2.24. The lowest BCUT2D eigenvalue weighted by molar-refractivity contribution is 0.579. The fourth-order valence-corrected chi connectivity index (χ4v) is 3.93. The Balaban J connectivity index is 1.82. The maximum atomic E-state index is 14.0. The Labute approximate surface area is 154 Å². The number of para-hydroxylation sites is 2. The molecule has 0 aliphatic rings. The third-order valence-electron chi connectivity index (χ3n) is 5.08. The van der Waals surface area contributed by atoms with Crippen LogP contribution in [0.15, 0.2) is 79.1 Å². The second kappa shape index (κ2) is 6.09. The molecule has 0 fully saturated rings. The van der Waals surface area contributed by atoms with E-state index < -0.39 is 11.6 Å². The topological polar surface area (TPSA) is 31.6 Å². The van der Waals surface area contributed by atoms with Gasteiger partial charge in [-0.3, -0.25) is 0 Å². The Hall–Kier alpha value is -3.40. The van der Waals surface area contributed by atoms with Crippen molar-refractivity contribution in [3.63, 3.8) is 0 Å². The number of aromatic nitrogens is 2. The van der Waals surface area contributed by atoms with Gasteiger partial charge >= 0.3 is 0 Å². The number of aromatic amines is 2. The van der Waals surface area contributed by atoms with E-state index in [-0.39, 0.29) is 5.92 Å². The first kappa shape index (κ1) is 15.8. The van der Waals surface area contributed by atoms with Crippen LogP contribution in [0.1, 0.15) is 22.6 Å². The van der Waals surface area contributed by atoms with E-state index in [0.717, 1.165) is 39.0 Å². The van der Waals surface area contributed by atoms with Crippen LogP contribution in [0.3, 0.4) is 0 Å². The van der Waals surface area contributed by atoms with Crippen molar-refractivity contribution in [2.75, 3.05) is 0 Å². The molecule has 0 unspecified atom stereocenters. The smallest absolute Gasteiger partial charge is 0.126 e. The molecule has 5 rings (SSSR count). The van der Waals surface area contributed by atoms with Gasteiger partial charge in [-0.1, -0.05) is 36.4 Å². The number of hydrogen-bond donors (Lipinski definition) is 2. The maximum Gasteiger partial charge on any atom is 0.126 e. The summed E-state index contributed by atoms with van der Waals surface area (Å²) in [5.41, 5.74) is 4.55. The van der Waals surface area contributed by atoms with E-state index in [4.69, 9.17) is 0 Å². The molecule has 132 valence electrons. The summed E-state index contributed by atoms with van der Waals surface area (Å²) in [5.74, 6) is -1.45. The fraction of sp³-hybridized carbons (Fsp3) is 0.0435. The molecule has 5 aromatic rings. The highest BCUT2D eigenvalue weighted by atomic mass is 19.1. The van der Waals surface area contributed by atoms with Gasteiger partial charge in [0.25, 0.3) is 0 Å². The van der Waals surface area contributed by atoms with Gasteiger partial charge in [0, 0.05) is 46.2 Å². The highest BCUT2D eigenvalue weighted by molar-refractivity contribution is 5.89. The molecule has 0 aliphatic carbocycles. The van der Waals surface area contributed by atoms with E-state index in [9.17, 15) is 8.78 Å². The average Bonchev–Trinajstić information content (AvgIpc) is 3.27. The molecule has 2 nitrogen and oxygen atoms in total. The Morgan fingerprint density at radius 1 is 0.630 bits per heavy atom. The van der Waals surface area contributed by atoms with E-state index >= 15 is 0 Å². The van der Waals surface area contributed by atoms with Crippen LogP contribution >= 0.6 is 0 Å². The van der Waals surface area contributed by atoms with E-state index in [2.05, 4.69) is 9.97 Å². The molecule has 0 aliphatic heterocycles. The number of H-pyrrole nitrogens is 2. The second-order valence-corrected chi connectivity index (χ2v) is 6.71. The Morgan fingerprint density at radius 3 is 1.63 bits per heavy atom. The zero-order chi connectivity index (χ0) is 18.4. The zero-order valence-electron chi connectivity index (χ0n) is 14.3. The van der Waals surface area contributed by atoms with Crippen molar-refractivity contribution in [2.45, 2.75) is 5.92 Å². The van der Waals surface area contributed by atoms with Crippen molar-refractivity contribution in [2.24, 2.45) is 0 Å². The van der Waals surface area contributed by atoms with E-state index in [1.807, 2.05) is 60.9 Å². The maximum absolute atomic E-state index is 14.0. The van der Waals surface area contributed by atoms with Crippen molar-refractivity contribution in [3.05, 3.63) is 107 Å². The summed E-state index contributed by atoms with van der Waals surface area (Å²) >= 11 is 0. The van der Waals surface area contributed by atoms with Crippen molar-refractivity contribution < 1.29 is 8.78 Å². The van der Waals surface area contributed by atoms with Crippen molar-refractivity contribution in [1.29, 1.82) is 0 Å². The van der Waals surface area contributed by atoms with Crippen LogP contribution in [0, 0.1) is 11.6 Å². The van der Waals surface area contributed by atoms with Crippen LogP contribution in [-0.4, -0.2) is 9.97 Å². The third-order valence-corrected chi connectivity index (χ3v) is 5.08. The molecule has 2 heterocycles.